The van der Waals surface area contributed by atoms with E-state index in [1.165, 1.54) is 12.8 Å². The molecule has 1 aliphatic rings. The molecule has 0 unspecified atom stereocenters. The summed E-state index contributed by atoms with van der Waals surface area (Å²) in [5, 5.41) is 3.15. The second kappa shape index (κ2) is 7.24. The van der Waals surface area contributed by atoms with Gasteiger partial charge in [0, 0.05) is 31.4 Å². The van der Waals surface area contributed by atoms with Gasteiger partial charge in [-0.25, -0.2) is 13.1 Å². The molecule has 1 aliphatic carbocycles. The Morgan fingerprint density at radius 1 is 1.19 bits per heavy atom. The van der Waals surface area contributed by atoms with Gasteiger partial charge >= 0.3 is 0 Å². The van der Waals surface area contributed by atoms with Crippen molar-refractivity contribution in [2.45, 2.75) is 37.6 Å². The van der Waals surface area contributed by atoms with Crippen molar-refractivity contribution < 1.29 is 8.42 Å². The highest BCUT2D eigenvalue weighted by molar-refractivity contribution is 7.89. The number of rotatable bonds is 9. The standard InChI is InChI=1S/C15H25N3O2S/c1-3-16-13-5-9-15(10-6-13)21(19,20)17-11-12-18(4-2)14-7-8-14/h5-6,9-10,14,16-17H,3-4,7-8,11-12H2,1-2H3. The summed E-state index contributed by atoms with van der Waals surface area (Å²) < 4.78 is 27.1. The Hall–Kier alpha value is -1.11. The van der Waals surface area contributed by atoms with Crippen LogP contribution in [0.2, 0.25) is 0 Å². The van der Waals surface area contributed by atoms with E-state index in [2.05, 4.69) is 21.9 Å². The fraction of sp³-hybridized carbons (Fsp3) is 0.600. The Labute approximate surface area is 127 Å². The minimum Gasteiger partial charge on any atom is -0.385 e. The lowest BCUT2D eigenvalue weighted by molar-refractivity contribution is 0.282. The molecule has 1 aromatic rings. The molecule has 0 amide bonds. The molecule has 2 N–H and O–H groups in total. The zero-order valence-corrected chi connectivity index (χ0v) is 13.6. The van der Waals surface area contributed by atoms with E-state index < -0.39 is 10.0 Å². The molecule has 0 spiro atoms. The Morgan fingerprint density at radius 2 is 1.86 bits per heavy atom. The molecule has 0 aliphatic heterocycles. The van der Waals surface area contributed by atoms with Gasteiger partial charge in [-0.3, -0.25) is 4.90 Å². The Kier molecular flexibility index (Phi) is 5.61. The van der Waals surface area contributed by atoms with Gasteiger partial charge in [0.1, 0.15) is 0 Å². The zero-order chi connectivity index (χ0) is 15.3. The molecule has 5 nitrogen and oxygen atoms in total. The molecule has 0 bridgehead atoms. The first-order valence-electron chi connectivity index (χ1n) is 7.64. The predicted octanol–water partition coefficient (Wildman–Crippen LogP) is 1.88. The smallest absolute Gasteiger partial charge is 0.240 e. The van der Waals surface area contributed by atoms with Gasteiger partial charge in [-0.05, 0) is 50.6 Å². The molecule has 0 heterocycles. The fourth-order valence-electron chi connectivity index (χ4n) is 2.40. The van der Waals surface area contributed by atoms with E-state index in [-0.39, 0.29) is 0 Å². The van der Waals surface area contributed by atoms with E-state index in [1.54, 1.807) is 24.3 Å². The lowest BCUT2D eigenvalue weighted by atomic mass is 10.3. The Morgan fingerprint density at radius 3 is 2.38 bits per heavy atom. The number of nitrogens with zero attached hydrogens (tertiary/aromatic N) is 1. The van der Waals surface area contributed by atoms with E-state index in [4.69, 9.17) is 0 Å². The molecule has 1 fully saturated rings. The van der Waals surface area contributed by atoms with Crippen LogP contribution in [0.15, 0.2) is 29.2 Å². The first-order valence-corrected chi connectivity index (χ1v) is 9.12. The first-order chi connectivity index (χ1) is 10.1. The van der Waals surface area contributed by atoms with Gasteiger partial charge in [-0.2, -0.15) is 0 Å². The van der Waals surface area contributed by atoms with E-state index in [9.17, 15) is 8.42 Å². The van der Waals surface area contributed by atoms with Gasteiger partial charge in [0.15, 0.2) is 0 Å². The minimum atomic E-state index is -3.41. The SMILES string of the molecule is CCNc1ccc(S(=O)(=O)NCCN(CC)C2CC2)cc1. The number of hydrogen-bond donors (Lipinski definition) is 2. The van der Waals surface area contributed by atoms with Gasteiger partial charge in [0.25, 0.3) is 0 Å². The largest absolute Gasteiger partial charge is 0.385 e. The lowest BCUT2D eigenvalue weighted by Gasteiger charge is -2.19. The normalized spacial score (nSPS) is 15.4. The molecule has 0 saturated heterocycles. The van der Waals surface area contributed by atoms with Gasteiger partial charge in [-0.1, -0.05) is 6.92 Å². The van der Waals surface area contributed by atoms with Crippen molar-refractivity contribution in [3.05, 3.63) is 24.3 Å². The van der Waals surface area contributed by atoms with Crippen molar-refractivity contribution in [2.75, 3.05) is 31.5 Å². The number of sulfonamides is 1. The van der Waals surface area contributed by atoms with E-state index in [1.807, 2.05) is 6.92 Å². The van der Waals surface area contributed by atoms with E-state index in [0.29, 0.717) is 17.5 Å². The summed E-state index contributed by atoms with van der Waals surface area (Å²) in [6.45, 7) is 7.15. The Balaban J connectivity index is 1.88. The van der Waals surface area contributed by atoms with Gasteiger partial charge in [0.05, 0.1) is 4.90 Å². The van der Waals surface area contributed by atoms with Crippen LogP contribution < -0.4 is 10.0 Å². The van der Waals surface area contributed by atoms with Crippen LogP contribution in [0.3, 0.4) is 0 Å². The van der Waals surface area contributed by atoms with Gasteiger partial charge in [0.2, 0.25) is 10.0 Å². The predicted molar refractivity (Wildman–Crippen MR) is 86.1 cm³/mol. The van der Waals surface area contributed by atoms with Crippen LogP contribution in [0, 0.1) is 0 Å². The van der Waals surface area contributed by atoms with Crippen molar-refractivity contribution >= 4 is 15.7 Å². The number of benzene rings is 1. The molecule has 6 heteroatoms. The average Bonchev–Trinajstić information content (AvgIpc) is 3.29. The van der Waals surface area contributed by atoms with Crippen LogP contribution in [0.25, 0.3) is 0 Å². The number of likely N-dealkylation sites (N-methyl/N-ethyl adjacent to an activating group) is 1. The molecule has 0 aromatic heterocycles. The zero-order valence-electron chi connectivity index (χ0n) is 12.8. The third kappa shape index (κ3) is 4.69. The summed E-state index contributed by atoms with van der Waals surface area (Å²) in [4.78, 5) is 2.65. The van der Waals surface area contributed by atoms with E-state index in [0.717, 1.165) is 25.3 Å². The first kappa shape index (κ1) is 16.3. The molecule has 0 radical (unpaired) electrons. The minimum absolute atomic E-state index is 0.318. The monoisotopic (exact) mass is 311 g/mol. The molecule has 118 valence electrons. The van der Waals surface area contributed by atoms with Crippen molar-refractivity contribution in [3.63, 3.8) is 0 Å². The van der Waals surface area contributed by atoms with Crippen LogP contribution >= 0.6 is 0 Å². The van der Waals surface area contributed by atoms with Crippen LogP contribution in [0.5, 0.6) is 0 Å². The maximum absolute atomic E-state index is 12.2. The Bertz CT molecular complexity index is 539. The van der Waals surface area contributed by atoms with Crippen molar-refractivity contribution in [2.24, 2.45) is 0 Å². The second-order valence-corrected chi connectivity index (χ2v) is 7.08. The third-order valence-corrected chi connectivity index (χ3v) is 5.18. The van der Waals surface area contributed by atoms with E-state index >= 15 is 0 Å². The number of hydrogen-bond acceptors (Lipinski definition) is 4. The van der Waals surface area contributed by atoms with Crippen LogP contribution in [-0.2, 0) is 10.0 Å². The van der Waals surface area contributed by atoms with Crippen molar-refractivity contribution in [1.29, 1.82) is 0 Å². The number of nitrogens with one attached hydrogen (secondary N) is 2. The van der Waals surface area contributed by atoms with Gasteiger partial charge in [-0.15, -0.1) is 0 Å². The third-order valence-electron chi connectivity index (χ3n) is 3.71. The molecular weight excluding hydrogens is 286 g/mol. The molecule has 0 atom stereocenters. The number of anilines is 1. The summed E-state index contributed by atoms with van der Waals surface area (Å²) in [6.07, 6.45) is 2.49. The topological polar surface area (TPSA) is 61.4 Å². The summed E-state index contributed by atoms with van der Waals surface area (Å²) >= 11 is 0. The van der Waals surface area contributed by atoms with Gasteiger partial charge < -0.3 is 5.32 Å². The molecular formula is C15H25N3O2S. The van der Waals surface area contributed by atoms with Crippen molar-refractivity contribution in [1.82, 2.24) is 9.62 Å². The summed E-state index contributed by atoms with van der Waals surface area (Å²) in [7, 11) is -3.41. The molecule has 21 heavy (non-hydrogen) atoms. The maximum atomic E-state index is 12.2. The fourth-order valence-corrected chi connectivity index (χ4v) is 3.42. The quantitative estimate of drug-likeness (QED) is 0.731. The van der Waals surface area contributed by atoms with Crippen LogP contribution in [0.1, 0.15) is 26.7 Å². The average molecular weight is 311 g/mol. The highest BCUT2D eigenvalue weighted by atomic mass is 32.2. The molecule has 1 saturated carbocycles. The van der Waals surface area contributed by atoms with Crippen LogP contribution in [0.4, 0.5) is 5.69 Å². The summed E-state index contributed by atoms with van der Waals surface area (Å²) in [5.74, 6) is 0. The maximum Gasteiger partial charge on any atom is 0.240 e. The second-order valence-electron chi connectivity index (χ2n) is 5.31. The lowest BCUT2D eigenvalue weighted by Crippen LogP contribution is -2.36. The summed E-state index contributed by atoms with van der Waals surface area (Å²) in [5.41, 5.74) is 0.933. The highest BCUT2D eigenvalue weighted by Gasteiger charge is 2.27. The van der Waals surface area contributed by atoms with Crippen LogP contribution in [-0.4, -0.2) is 45.5 Å². The molecule has 1 aromatic carbocycles. The molecule has 2 rings (SSSR count). The summed E-state index contributed by atoms with van der Waals surface area (Å²) in [6, 6.07) is 7.53. The van der Waals surface area contributed by atoms with Crippen molar-refractivity contribution in [3.8, 4) is 0 Å². The highest BCUT2D eigenvalue weighted by Crippen LogP contribution is 2.25.